The molecule has 4 bridgehead atoms. The Balaban J connectivity index is 1.86. The van der Waals surface area contributed by atoms with Crippen molar-refractivity contribution in [1.29, 1.82) is 0 Å². The molecule has 4 rings (SSSR count). The number of hydrogen-bond acceptors (Lipinski definition) is 6. The Morgan fingerprint density at radius 2 is 1.70 bits per heavy atom. The highest BCUT2D eigenvalue weighted by Gasteiger charge is 2.49. The number of rotatable bonds is 3. The Labute approximate surface area is 214 Å². The van der Waals surface area contributed by atoms with E-state index in [1.54, 1.807) is 12.1 Å². The van der Waals surface area contributed by atoms with Gasteiger partial charge in [-0.2, -0.15) is 18.2 Å². The van der Waals surface area contributed by atoms with E-state index in [1.165, 1.54) is 18.2 Å². The molecule has 0 saturated heterocycles. The maximum Gasteiger partial charge on any atom is 0.393 e. The van der Waals surface area contributed by atoms with Crippen LogP contribution < -0.4 is 15.2 Å². The lowest BCUT2D eigenvalue weighted by Crippen LogP contribution is -2.38. The van der Waals surface area contributed by atoms with Gasteiger partial charge in [-0.15, -0.1) is 0 Å². The van der Waals surface area contributed by atoms with Gasteiger partial charge in [0.15, 0.2) is 0 Å². The zero-order valence-corrected chi connectivity index (χ0v) is 21.7. The molecule has 37 heavy (non-hydrogen) atoms. The minimum atomic E-state index is -4.47. The van der Waals surface area contributed by atoms with Crippen molar-refractivity contribution in [2.75, 3.05) is 11.3 Å². The first-order chi connectivity index (χ1) is 17.2. The molecule has 0 fully saturated rings. The van der Waals surface area contributed by atoms with Gasteiger partial charge >= 0.3 is 6.18 Å². The van der Waals surface area contributed by atoms with E-state index >= 15 is 0 Å². The van der Waals surface area contributed by atoms with Crippen molar-refractivity contribution in [3.05, 3.63) is 65.2 Å². The van der Waals surface area contributed by atoms with Crippen LogP contribution in [0.2, 0.25) is 0 Å². The molecule has 0 radical (unpaired) electrons. The molecular weight excluding hydrogens is 505 g/mol. The number of fused-ring (bicyclic) bond motifs is 4. The summed E-state index contributed by atoms with van der Waals surface area (Å²) in [6.45, 7) is 5.85. The number of sulfonamides is 1. The number of hydrogen-bond donors (Lipinski definition) is 2. The van der Waals surface area contributed by atoms with Crippen LogP contribution in [0.5, 0.6) is 5.88 Å². The number of nitrogens with zero attached hydrogens (tertiary/aromatic N) is 2. The molecular formula is C26H29F3N4O3S. The van der Waals surface area contributed by atoms with Gasteiger partial charge in [-0.1, -0.05) is 44.2 Å². The van der Waals surface area contributed by atoms with Crippen molar-refractivity contribution in [2.45, 2.75) is 51.2 Å². The third-order valence-electron chi connectivity index (χ3n) is 6.71. The van der Waals surface area contributed by atoms with Crippen LogP contribution in [0.1, 0.15) is 43.0 Å². The van der Waals surface area contributed by atoms with Gasteiger partial charge in [-0.25, -0.2) is 18.1 Å². The maximum atomic E-state index is 13.8. The zero-order valence-electron chi connectivity index (χ0n) is 20.9. The number of anilines is 1. The predicted molar refractivity (Wildman–Crippen MR) is 135 cm³/mol. The third kappa shape index (κ3) is 5.57. The zero-order chi connectivity index (χ0) is 27.2. The molecule has 7 nitrogen and oxygen atoms in total. The summed E-state index contributed by atoms with van der Waals surface area (Å²) in [5.74, 6) is -0.988. The van der Waals surface area contributed by atoms with Crippen LogP contribution in [0, 0.1) is 25.2 Å². The molecule has 1 aliphatic rings. The predicted octanol–water partition coefficient (Wildman–Crippen LogP) is 5.55. The number of halogens is 3. The summed E-state index contributed by atoms with van der Waals surface area (Å²) in [4.78, 5) is 8.54. The second-order valence-corrected chi connectivity index (χ2v) is 11.7. The molecule has 2 aromatic carbocycles. The molecule has 11 heteroatoms. The van der Waals surface area contributed by atoms with Gasteiger partial charge in [0.1, 0.15) is 0 Å². The average Bonchev–Trinajstić information content (AvgIpc) is 2.79. The van der Waals surface area contributed by atoms with Crippen LogP contribution in [-0.2, 0) is 10.0 Å². The van der Waals surface area contributed by atoms with E-state index in [0.29, 0.717) is 11.3 Å². The molecule has 198 valence electrons. The fourth-order valence-electron chi connectivity index (χ4n) is 4.48. The highest BCUT2D eigenvalue weighted by Crippen LogP contribution is 2.44. The minimum Gasteiger partial charge on any atom is -0.477 e. The quantitative estimate of drug-likeness (QED) is 0.456. The van der Waals surface area contributed by atoms with Crippen molar-refractivity contribution in [3.63, 3.8) is 0 Å². The largest absolute Gasteiger partial charge is 0.477 e. The molecule has 0 aliphatic carbocycles. The molecule has 0 amide bonds. The van der Waals surface area contributed by atoms with Gasteiger partial charge in [-0.3, -0.25) is 0 Å². The number of benzene rings is 2. The van der Waals surface area contributed by atoms with E-state index in [4.69, 9.17) is 10.5 Å². The standard InChI is InChI=1S/C26H29F3N4O3S/c1-15-7-5-8-16(2)22(15)20-12-21-32-24(31-20)33-37(34,35)19-10-6-9-17(11-19)23(30)18(14-36-21)13-25(3,4)26(27,28)29/h5-12,18,23H,13-14,30H2,1-4H3,(H,31,32,33)/t18-,23?/m1/s1. The van der Waals surface area contributed by atoms with Crippen molar-refractivity contribution >= 4 is 16.0 Å². The minimum absolute atomic E-state index is 0.0246. The monoisotopic (exact) mass is 534 g/mol. The van der Waals surface area contributed by atoms with Crippen LogP contribution in [0.4, 0.5) is 19.1 Å². The smallest absolute Gasteiger partial charge is 0.393 e. The number of ether oxygens (including phenoxy) is 1. The van der Waals surface area contributed by atoms with Gasteiger partial charge in [0.2, 0.25) is 11.8 Å². The van der Waals surface area contributed by atoms with Crippen LogP contribution in [0.3, 0.4) is 0 Å². The average molecular weight is 535 g/mol. The van der Waals surface area contributed by atoms with E-state index in [-0.39, 0.29) is 29.8 Å². The van der Waals surface area contributed by atoms with Gasteiger partial charge in [0.25, 0.3) is 10.0 Å². The molecule has 2 atom stereocenters. The maximum absolute atomic E-state index is 13.8. The summed E-state index contributed by atoms with van der Waals surface area (Å²) in [5, 5.41) is 0. The van der Waals surface area contributed by atoms with Crippen LogP contribution in [0.15, 0.2) is 53.4 Å². The van der Waals surface area contributed by atoms with Crippen LogP contribution >= 0.6 is 0 Å². The molecule has 0 spiro atoms. The van der Waals surface area contributed by atoms with Gasteiger partial charge < -0.3 is 10.5 Å². The number of aromatic nitrogens is 2. The lowest BCUT2D eigenvalue weighted by molar-refractivity contribution is -0.218. The van der Waals surface area contributed by atoms with Crippen molar-refractivity contribution in [1.82, 2.24) is 9.97 Å². The van der Waals surface area contributed by atoms with Crippen molar-refractivity contribution in [2.24, 2.45) is 17.1 Å². The second kappa shape index (κ2) is 9.60. The number of alkyl halides is 3. The fourth-order valence-corrected chi connectivity index (χ4v) is 5.48. The fraction of sp³-hybridized carbons (Fsp3) is 0.385. The van der Waals surface area contributed by atoms with E-state index in [1.807, 2.05) is 32.0 Å². The van der Waals surface area contributed by atoms with E-state index < -0.39 is 33.6 Å². The third-order valence-corrected chi connectivity index (χ3v) is 8.04. The van der Waals surface area contributed by atoms with Gasteiger partial charge in [0, 0.05) is 23.6 Å². The summed E-state index contributed by atoms with van der Waals surface area (Å²) in [7, 11) is -4.13. The summed E-state index contributed by atoms with van der Waals surface area (Å²) in [5.41, 5.74) is 7.77. The summed E-state index contributed by atoms with van der Waals surface area (Å²) in [6.07, 6.45) is -4.81. The molecule has 1 aliphatic heterocycles. The molecule has 1 aromatic heterocycles. The Hall–Kier alpha value is -3.18. The Morgan fingerprint density at radius 1 is 1.05 bits per heavy atom. The first-order valence-corrected chi connectivity index (χ1v) is 13.2. The molecule has 3 aromatic rings. The SMILES string of the molecule is Cc1cccc(C)c1-c1cc2nc(n1)NS(=O)(=O)c1cccc(c1)C(N)[C@H](CC(C)(C)C(F)(F)F)CO2. The number of aryl methyl sites for hydroxylation is 2. The number of nitrogens with one attached hydrogen (secondary N) is 1. The second-order valence-electron chi connectivity index (χ2n) is 10.0. The molecule has 1 unspecified atom stereocenters. The lowest BCUT2D eigenvalue weighted by Gasteiger charge is -2.34. The summed E-state index contributed by atoms with van der Waals surface area (Å²) < 4.78 is 76.0. The van der Waals surface area contributed by atoms with Gasteiger partial charge in [0.05, 0.1) is 22.6 Å². The highest BCUT2D eigenvalue weighted by molar-refractivity contribution is 7.92. The van der Waals surface area contributed by atoms with Crippen molar-refractivity contribution < 1.29 is 26.3 Å². The summed E-state index contributed by atoms with van der Waals surface area (Å²) in [6, 6.07) is 12.2. The van der Waals surface area contributed by atoms with Gasteiger partial charge in [-0.05, 0) is 49.1 Å². The van der Waals surface area contributed by atoms with E-state index in [2.05, 4.69) is 14.7 Å². The normalized spacial score (nSPS) is 19.7. The highest BCUT2D eigenvalue weighted by atomic mass is 32.2. The Morgan fingerprint density at radius 3 is 2.35 bits per heavy atom. The molecule has 2 heterocycles. The first-order valence-electron chi connectivity index (χ1n) is 11.7. The van der Waals surface area contributed by atoms with Crippen LogP contribution in [0.25, 0.3) is 11.3 Å². The first kappa shape index (κ1) is 26.9. The Bertz CT molecular complexity index is 1400. The lowest BCUT2D eigenvalue weighted by atomic mass is 9.78. The van der Waals surface area contributed by atoms with E-state index in [9.17, 15) is 21.6 Å². The summed E-state index contributed by atoms with van der Waals surface area (Å²) >= 11 is 0. The van der Waals surface area contributed by atoms with Crippen LogP contribution in [-0.4, -0.2) is 31.2 Å². The van der Waals surface area contributed by atoms with E-state index in [0.717, 1.165) is 30.5 Å². The molecule has 3 N–H and O–H groups in total. The topological polar surface area (TPSA) is 107 Å². The number of nitrogens with two attached hydrogens (primary N) is 1. The Kier molecular flexibility index (Phi) is 6.98. The molecule has 0 saturated carbocycles. The van der Waals surface area contributed by atoms with Crippen molar-refractivity contribution in [3.8, 4) is 17.1 Å².